The van der Waals surface area contributed by atoms with E-state index in [-0.39, 0.29) is 23.0 Å². The summed E-state index contributed by atoms with van der Waals surface area (Å²) in [6.07, 6.45) is 1.72. The fraction of sp³-hybridized carbons (Fsp3) is 0.296. The van der Waals surface area contributed by atoms with E-state index < -0.39 is 5.97 Å². The summed E-state index contributed by atoms with van der Waals surface area (Å²) in [5.74, 6) is 0.315. The van der Waals surface area contributed by atoms with Crippen molar-refractivity contribution in [1.82, 2.24) is 4.90 Å². The Bertz CT molecular complexity index is 1150. The van der Waals surface area contributed by atoms with Crippen molar-refractivity contribution in [3.63, 3.8) is 0 Å². The van der Waals surface area contributed by atoms with Gasteiger partial charge in [0.05, 0.1) is 0 Å². The van der Waals surface area contributed by atoms with E-state index in [1.807, 2.05) is 43.4 Å². The second kappa shape index (κ2) is 8.40. The largest absolute Gasteiger partial charge is 0.488 e. The minimum Gasteiger partial charge on any atom is -0.488 e. The molecule has 4 nitrogen and oxygen atoms in total. The molecule has 0 spiro atoms. The fourth-order valence-corrected chi connectivity index (χ4v) is 5.14. The molecular formula is C27H26FNO3. The quantitative estimate of drug-likeness (QED) is 0.396. The van der Waals surface area contributed by atoms with Crippen LogP contribution in [0.4, 0.5) is 4.39 Å². The van der Waals surface area contributed by atoms with Crippen LogP contribution in [0, 0.1) is 18.7 Å². The molecule has 2 aliphatic rings. The molecule has 0 unspecified atom stereocenters. The van der Waals surface area contributed by atoms with Gasteiger partial charge in [0.1, 0.15) is 29.5 Å². The summed E-state index contributed by atoms with van der Waals surface area (Å²) in [5.41, 5.74) is 2.95. The first-order valence-electron chi connectivity index (χ1n) is 11.0. The number of carbonyl (C=O) groups is 1. The van der Waals surface area contributed by atoms with Crippen LogP contribution in [0.25, 0.3) is 0 Å². The number of likely N-dealkylation sites (tertiary alicyclic amines) is 1. The zero-order valence-electron chi connectivity index (χ0n) is 18.3. The van der Waals surface area contributed by atoms with Gasteiger partial charge in [-0.3, -0.25) is 4.90 Å². The highest BCUT2D eigenvalue weighted by atomic mass is 19.1. The second-order valence-electron chi connectivity index (χ2n) is 8.69. The van der Waals surface area contributed by atoms with Crippen molar-refractivity contribution >= 4 is 5.97 Å². The SMILES string of the molecule is Cc1c(F)c2c(c(OCc3ccccc3)c1C(=O)Oc1ccccc1)C[C@@H]1CCN(C)[C@H]21. The van der Waals surface area contributed by atoms with Crippen molar-refractivity contribution in [3.8, 4) is 11.5 Å². The average molecular weight is 432 g/mol. The number of benzene rings is 3. The van der Waals surface area contributed by atoms with Crippen LogP contribution in [0.2, 0.25) is 0 Å². The Balaban J connectivity index is 1.59. The molecule has 3 aromatic rings. The third-order valence-electron chi connectivity index (χ3n) is 6.69. The van der Waals surface area contributed by atoms with Crippen molar-refractivity contribution in [3.05, 3.63) is 94.3 Å². The first-order valence-corrected chi connectivity index (χ1v) is 11.0. The molecule has 5 heteroatoms. The Kier molecular flexibility index (Phi) is 5.43. The Morgan fingerprint density at radius 1 is 1.09 bits per heavy atom. The molecule has 3 aromatic carbocycles. The number of nitrogens with zero attached hydrogens (tertiary/aromatic N) is 1. The molecule has 1 aliphatic heterocycles. The lowest BCUT2D eigenvalue weighted by Crippen LogP contribution is -2.21. The molecule has 1 fully saturated rings. The van der Waals surface area contributed by atoms with Gasteiger partial charge in [-0.1, -0.05) is 48.5 Å². The van der Waals surface area contributed by atoms with E-state index >= 15 is 4.39 Å². The monoisotopic (exact) mass is 431 g/mol. The molecule has 0 radical (unpaired) electrons. The van der Waals surface area contributed by atoms with Gasteiger partial charge in [0.2, 0.25) is 0 Å². The lowest BCUT2D eigenvalue weighted by molar-refractivity contribution is 0.0728. The maximum Gasteiger partial charge on any atom is 0.347 e. The van der Waals surface area contributed by atoms with E-state index in [9.17, 15) is 4.79 Å². The molecular weight excluding hydrogens is 405 g/mol. The molecule has 1 saturated heterocycles. The Morgan fingerprint density at radius 3 is 2.50 bits per heavy atom. The van der Waals surface area contributed by atoms with Gasteiger partial charge in [-0.25, -0.2) is 9.18 Å². The van der Waals surface area contributed by atoms with E-state index in [2.05, 4.69) is 4.90 Å². The van der Waals surface area contributed by atoms with Crippen molar-refractivity contribution in [2.24, 2.45) is 5.92 Å². The molecule has 1 aliphatic carbocycles. The van der Waals surface area contributed by atoms with Crippen LogP contribution >= 0.6 is 0 Å². The van der Waals surface area contributed by atoms with Gasteiger partial charge in [-0.2, -0.15) is 0 Å². The number of halogens is 1. The lowest BCUT2D eigenvalue weighted by Gasteiger charge is -2.23. The molecule has 164 valence electrons. The minimum atomic E-state index is -0.594. The standard InChI is InChI=1S/C27H26FNO3/c1-17-22(27(30)32-20-11-7-4-8-12-20)26(31-16-18-9-5-3-6-10-18)21-15-19-13-14-29(2)25(19)23(21)24(17)28/h3-12,19,25H,13-16H2,1-2H3/t19-,25-/m0/s1. The molecule has 0 aromatic heterocycles. The zero-order valence-corrected chi connectivity index (χ0v) is 18.3. The van der Waals surface area contributed by atoms with Crippen LogP contribution < -0.4 is 9.47 Å². The van der Waals surface area contributed by atoms with Gasteiger partial charge in [0.15, 0.2) is 0 Å². The van der Waals surface area contributed by atoms with Crippen molar-refractivity contribution in [2.75, 3.05) is 13.6 Å². The second-order valence-corrected chi connectivity index (χ2v) is 8.69. The molecule has 1 heterocycles. The smallest absolute Gasteiger partial charge is 0.347 e. The van der Waals surface area contributed by atoms with Gasteiger partial charge in [-0.05, 0) is 57.0 Å². The number of carbonyl (C=O) groups excluding carboxylic acids is 1. The van der Waals surface area contributed by atoms with Gasteiger partial charge in [0.25, 0.3) is 0 Å². The molecule has 0 saturated carbocycles. The number of para-hydroxylation sites is 1. The van der Waals surface area contributed by atoms with Crippen LogP contribution in [0.1, 0.15) is 45.1 Å². The summed E-state index contributed by atoms with van der Waals surface area (Å²) in [6, 6.07) is 18.7. The number of hydrogen-bond donors (Lipinski definition) is 0. The zero-order chi connectivity index (χ0) is 22.2. The maximum atomic E-state index is 15.7. The van der Waals surface area contributed by atoms with Gasteiger partial charge in [0, 0.05) is 22.7 Å². The van der Waals surface area contributed by atoms with E-state index in [0.717, 1.165) is 24.1 Å². The predicted octanol–water partition coefficient (Wildman–Crippen LogP) is 5.48. The van der Waals surface area contributed by atoms with Crippen LogP contribution in [-0.4, -0.2) is 24.5 Å². The van der Waals surface area contributed by atoms with Crippen molar-refractivity contribution in [1.29, 1.82) is 0 Å². The minimum absolute atomic E-state index is 0.0296. The summed E-state index contributed by atoms with van der Waals surface area (Å²) < 4.78 is 27.6. The topological polar surface area (TPSA) is 38.8 Å². The highest BCUT2D eigenvalue weighted by Crippen LogP contribution is 2.51. The summed E-state index contributed by atoms with van der Waals surface area (Å²) in [5, 5.41) is 0. The van der Waals surface area contributed by atoms with E-state index in [1.165, 1.54) is 0 Å². The Hall–Kier alpha value is -3.18. The van der Waals surface area contributed by atoms with Crippen LogP contribution in [0.3, 0.4) is 0 Å². The summed E-state index contributed by atoms with van der Waals surface area (Å²) in [4.78, 5) is 15.5. The average Bonchev–Trinajstić information content (AvgIpc) is 3.36. The fourth-order valence-electron chi connectivity index (χ4n) is 5.14. The molecule has 5 rings (SSSR count). The Labute approximate surface area is 187 Å². The Morgan fingerprint density at radius 2 is 1.78 bits per heavy atom. The third-order valence-corrected chi connectivity index (χ3v) is 6.69. The van der Waals surface area contributed by atoms with Crippen molar-refractivity contribution < 1.29 is 18.7 Å². The number of rotatable bonds is 5. The summed E-state index contributed by atoms with van der Waals surface area (Å²) in [7, 11) is 2.04. The van der Waals surface area contributed by atoms with E-state index in [0.29, 0.717) is 36.0 Å². The molecule has 0 amide bonds. The first kappa shape index (κ1) is 20.7. The lowest BCUT2D eigenvalue weighted by atomic mass is 9.96. The predicted molar refractivity (Wildman–Crippen MR) is 120 cm³/mol. The molecule has 0 N–H and O–H groups in total. The summed E-state index contributed by atoms with van der Waals surface area (Å²) >= 11 is 0. The normalized spacial score (nSPS) is 19.5. The van der Waals surface area contributed by atoms with E-state index in [4.69, 9.17) is 9.47 Å². The third kappa shape index (κ3) is 3.56. The number of hydrogen-bond acceptors (Lipinski definition) is 4. The highest BCUT2D eigenvalue weighted by Gasteiger charge is 2.45. The number of fused-ring (bicyclic) bond motifs is 3. The van der Waals surface area contributed by atoms with E-state index in [1.54, 1.807) is 31.2 Å². The molecule has 2 atom stereocenters. The van der Waals surface area contributed by atoms with Gasteiger partial charge in [-0.15, -0.1) is 0 Å². The molecule has 0 bridgehead atoms. The molecule has 32 heavy (non-hydrogen) atoms. The van der Waals surface area contributed by atoms with Crippen LogP contribution in [0.15, 0.2) is 60.7 Å². The van der Waals surface area contributed by atoms with Crippen LogP contribution in [-0.2, 0) is 13.0 Å². The van der Waals surface area contributed by atoms with Gasteiger partial charge >= 0.3 is 5.97 Å². The van der Waals surface area contributed by atoms with Gasteiger partial charge < -0.3 is 9.47 Å². The number of esters is 1. The van der Waals surface area contributed by atoms with Crippen molar-refractivity contribution in [2.45, 2.75) is 32.4 Å². The summed E-state index contributed by atoms with van der Waals surface area (Å²) in [6.45, 7) is 2.90. The highest BCUT2D eigenvalue weighted by molar-refractivity contribution is 5.96. The first-order chi connectivity index (χ1) is 15.5. The van der Waals surface area contributed by atoms with Crippen LogP contribution in [0.5, 0.6) is 11.5 Å². The number of ether oxygens (including phenoxy) is 2. The maximum absolute atomic E-state index is 15.7.